The molecule has 1 aliphatic carbocycles. The van der Waals surface area contributed by atoms with E-state index in [9.17, 15) is 14.4 Å². The van der Waals surface area contributed by atoms with Gasteiger partial charge in [-0.25, -0.2) is 0 Å². The number of hydrogen-bond donors (Lipinski definition) is 1. The molecule has 0 saturated carbocycles. The molecule has 4 rings (SSSR count). The van der Waals surface area contributed by atoms with Gasteiger partial charge in [-0.05, 0) is 94.4 Å². The molecule has 1 fully saturated rings. The van der Waals surface area contributed by atoms with Gasteiger partial charge >= 0.3 is 5.97 Å². The van der Waals surface area contributed by atoms with Crippen molar-refractivity contribution in [2.24, 2.45) is 0 Å². The summed E-state index contributed by atoms with van der Waals surface area (Å²) in [6.07, 6.45) is 3.91. The minimum Gasteiger partial charge on any atom is -0.426 e. The van der Waals surface area contributed by atoms with E-state index in [1.54, 1.807) is 18.2 Å². The lowest BCUT2D eigenvalue weighted by atomic mass is 9.62. The Hall–Kier alpha value is -2.86. The lowest BCUT2D eigenvalue weighted by Gasteiger charge is -2.42. The molecule has 1 saturated heterocycles. The van der Waals surface area contributed by atoms with Gasteiger partial charge in [-0.15, -0.1) is 0 Å². The Morgan fingerprint density at radius 2 is 1.64 bits per heavy atom. The number of ether oxygens (including phenoxy) is 1. The van der Waals surface area contributed by atoms with Gasteiger partial charge in [0.1, 0.15) is 5.75 Å². The van der Waals surface area contributed by atoms with E-state index in [0.29, 0.717) is 10.7 Å². The number of aryl methyl sites for hydroxylation is 1. The SMILES string of the molecule is CC(=O)Oc1ccc(/C=C2\SC(=O)NC2=O)cc1-c1cc2c(cc1C)C(C)(C)CCC2(C)C. The summed E-state index contributed by atoms with van der Waals surface area (Å²) in [5, 5.41) is 1.90. The predicted octanol–water partition coefficient (Wildman–Crippen LogP) is 6.26. The first-order valence-corrected chi connectivity index (χ1v) is 11.9. The van der Waals surface area contributed by atoms with Crippen molar-refractivity contribution in [1.82, 2.24) is 5.32 Å². The number of nitrogens with one attached hydrogen (secondary N) is 1. The largest absolute Gasteiger partial charge is 0.426 e. The summed E-state index contributed by atoms with van der Waals surface area (Å²) in [5.41, 5.74) is 6.44. The van der Waals surface area contributed by atoms with Crippen LogP contribution in [0, 0.1) is 6.92 Å². The van der Waals surface area contributed by atoms with Gasteiger partial charge in [-0.3, -0.25) is 19.7 Å². The van der Waals surface area contributed by atoms with Crippen LogP contribution in [0.5, 0.6) is 5.75 Å². The first-order chi connectivity index (χ1) is 15.4. The van der Waals surface area contributed by atoms with Crippen LogP contribution in [0.4, 0.5) is 4.79 Å². The topological polar surface area (TPSA) is 72.5 Å². The van der Waals surface area contributed by atoms with E-state index in [1.165, 1.54) is 18.1 Å². The van der Waals surface area contributed by atoms with Crippen LogP contribution in [0.15, 0.2) is 35.2 Å². The maximum Gasteiger partial charge on any atom is 0.308 e. The number of imide groups is 1. The zero-order chi connectivity index (χ0) is 24.1. The highest BCUT2D eigenvalue weighted by molar-refractivity contribution is 8.18. The summed E-state index contributed by atoms with van der Waals surface area (Å²) in [7, 11) is 0. The fourth-order valence-corrected chi connectivity index (χ4v) is 5.36. The van der Waals surface area contributed by atoms with Crippen LogP contribution >= 0.6 is 11.8 Å². The molecule has 2 amide bonds. The van der Waals surface area contributed by atoms with Crippen molar-refractivity contribution in [2.45, 2.75) is 65.2 Å². The van der Waals surface area contributed by atoms with Crippen molar-refractivity contribution < 1.29 is 19.1 Å². The van der Waals surface area contributed by atoms with Gasteiger partial charge in [0, 0.05) is 12.5 Å². The van der Waals surface area contributed by atoms with E-state index < -0.39 is 11.9 Å². The Bertz CT molecular complexity index is 1220. The normalized spacial score (nSPS) is 19.9. The Kier molecular flexibility index (Phi) is 5.77. The molecule has 0 unspecified atom stereocenters. The lowest BCUT2D eigenvalue weighted by molar-refractivity contribution is -0.131. The number of benzene rings is 2. The van der Waals surface area contributed by atoms with Crippen molar-refractivity contribution in [3.05, 3.63) is 57.5 Å². The van der Waals surface area contributed by atoms with Crippen molar-refractivity contribution >= 4 is 35.0 Å². The molecule has 5 nitrogen and oxygen atoms in total. The number of thioether (sulfide) groups is 1. The molecule has 1 heterocycles. The quantitative estimate of drug-likeness (QED) is 0.330. The lowest BCUT2D eigenvalue weighted by Crippen LogP contribution is -2.34. The minimum atomic E-state index is -0.399. The number of hydrogen-bond acceptors (Lipinski definition) is 5. The van der Waals surface area contributed by atoms with Gasteiger partial charge in [0.25, 0.3) is 11.1 Å². The van der Waals surface area contributed by atoms with E-state index in [4.69, 9.17) is 4.74 Å². The second-order valence-electron chi connectivity index (χ2n) is 10.2. The van der Waals surface area contributed by atoms with Gasteiger partial charge in [0.15, 0.2) is 0 Å². The second-order valence-corrected chi connectivity index (χ2v) is 11.2. The number of carbonyl (C=O) groups is 3. The van der Waals surface area contributed by atoms with Gasteiger partial charge < -0.3 is 4.74 Å². The van der Waals surface area contributed by atoms with E-state index in [-0.39, 0.29) is 16.1 Å². The second kappa shape index (κ2) is 8.17. The predicted molar refractivity (Wildman–Crippen MR) is 132 cm³/mol. The van der Waals surface area contributed by atoms with Crippen LogP contribution in [0.2, 0.25) is 0 Å². The molecule has 0 radical (unpaired) electrons. The van der Waals surface area contributed by atoms with Gasteiger partial charge in [-0.1, -0.05) is 39.8 Å². The summed E-state index contributed by atoms with van der Waals surface area (Å²) in [6, 6.07) is 9.96. The number of fused-ring (bicyclic) bond motifs is 1. The molecule has 33 heavy (non-hydrogen) atoms. The van der Waals surface area contributed by atoms with Crippen LogP contribution in [-0.4, -0.2) is 17.1 Å². The maximum absolute atomic E-state index is 12.0. The number of rotatable bonds is 3. The van der Waals surface area contributed by atoms with Crippen molar-refractivity contribution in [3.8, 4) is 16.9 Å². The molecule has 2 aliphatic rings. The molecule has 0 bridgehead atoms. The van der Waals surface area contributed by atoms with Crippen molar-refractivity contribution in [1.29, 1.82) is 0 Å². The highest BCUT2D eigenvalue weighted by atomic mass is 32.2. The fraction of sp³-hybridized carbons (Fsp3) is 0.370. The summed E-state index contributed by atoms with van der Waals surface area (Å²) >= 11 is 0.882. The number of esters is 1. The third kappa shape index (κ3) is 4.49. The minimum absolute atomic E-state index is 0.0351. The molecule has 172 valence electrons. The standard InChI is InChI=1S/C27H29NO4S/c1-15-11-20-21(27(5,6)10-9-26(20,3)4)14-18(15)19-12-17(7-8-22(19)32-16(2)29)13-23-24(30)28-25(31)33-23/h7-8,11-14H,9-10H2,1-6H3,(H,28,30,31)/b23-13-. The molecule has 0 atom stereocenters. The van der Waals surface area contributed by atoms with Crippen LogP contribution in [0.1, 0.15) is 69.7 Å². The molecule has 1 aliphatic heterocycles. The van der Waals surface area contributed by atoms with Gasteiger partial charge in [-0.2, -0.15) is 0 Å². The summed E-state index contributed by atoms with van der Waals surface area (Å²) in [4.78, 5) is 35.7. The van der Waals surface area contributed by atoms with Crippen LogP contribution in [-0.2, 0) is 20.4 Å². The van der Waals surface area contributed by atoms with Crippen LogP contribution < -0.4 is 10.1 Å². The van der Waals surface area contributed by atoms with E-state index in [2.05, 4.69) is 52.1 Å². The molecule has 1 N–H and O–H groups in total. The first kappa shape index (κ1) is 23.3. The fourth-order valence-electron chi connectivity index (χ4n) is 4.68. The summed E-state index contributed by atoms with van der Waals surface area (Å²) in [6.45, 7) is 12.6. The Balaban J connectivity index is 1.90. The van der Waals surface area contributed by atoms with Crippen LogP contribution in [0.25, 0.3) is 17.2 Å². The Morgan fingerprint density at radius 3 is 2.21 bits per heavy atom. The monoisotopic (exact) mass is 463 g/mol. The average Bonchev–Trinajstić information content (AvgIpc) is 3.03. The molecular formula is C27H29NO4S. The van der Waals surface area contributed by atoms with Gasteiger partial charge in [0.05, 0.1) is 4.91 Å². The van der Waals surface area contributed by atoms with E-state index >= 15 is 0 Å². The third-order valence-electron chi connectivity index (χ3n) is 6.69. The molecule has 0 spiro atoms. The molecule has 2 aromatic carbocycles. The summed E-state index contributed by atoms with van der Waals surface area (Å²) < 4.78 is 5.56. The average molecular weight is 464 g/mol. The van der Waals surface area contributed by atoms with E-state index in [0.717, 1.165) is 46.9 Å². The first-order valence-electron chi connectivity index (χ1n) is 11.1. The summed E-state index contributed by atoms with van der Waals surface area (Å²) in [5.74, 6) is -0.319. The highest BCUT2D eigenvalue weighted by Gasteiger charge is 2.37. The molecular weight excluding hydrogens is 434 g/mol. The third-order valence-corrected chi connectivity index (χ3v) is 7.50. The zero-order valence-corrected chi connectivity index (χ0v) is 20.7. The maximum atomic E-state index is 12.0. The van der Waals surface area contributed by atoms with Gasteiger partial charge in [0.2, 0.25) is 0 Å². The van der Waals surface area contributed by atoms with Crippen molar-refractivity contribution in [3.63, 3.8) is 0 Å². The smallest absolute Gasteiger partial charge is 0.308 e. The molecule has 2 aromatic rings. The van der Waals surface area contributed by atoms with Crippen molar-refractivity contribution in [2.75, 3.05) is 0 Å². The highest BCUT2D eigenvalue weighted by Crippen LogP contribution is 2.48. The number of carbonyl (C=O) groups excluding carboxylic acids is 3. The van der Waals surface area contributed by atoms with E-state index in [1.807, 2.05) is 6.07 Å². The Morgan fingerprint density at radius 1 is 1.00 bits per heavy atom. The zero-order valence-electron chi connectivity index (χ0n) is 19.9. The number of amides is 2. The molecule has 6 heteroatoms. The van der Waals surface area contributed by atoms with Crippen LogP contribution in [0.3, 0.4) is 0 Å². The Labute approximate surface area is 199 Å². The molecule has 0 aromatic heterocycles.